The van der Waals surface area contributed by atoms with Crippen LogP contribution in [0.4, 0.5) is 23.2 Å². The number of nitrogen functional groups attached to an aromatic ring is 1. The van der Waals surface area contributed by atoms with E-state index < -0.39 is 23.2 Å². The summed E-state index contributed by atoms with van der Waals surface area (Å²) in [5.74, 6) is -1.19. The molecule has 25 heavy (non-hydrogen) atoms. The van der Waals surface area contributed by atoms with Crippen molar-refractivity contribution in [3.8, 4) is 0 Å². The van der Waals surface area contributed by atoms with Gasteiger partial charge >= 0.3 is 12.1 Å². The average Bonchev–Trinajstić information content (AvgIpc) is 2.51. The van der Waals surface area contributed by atoms with Crippen molar-refractivity contribution in [1.82, 2.24) is 9.80 Å². The van der Waals surface area contributed by atoms with Crippen molar-refractivity contribution in [3.05, 3.63) is 29.1 Å². The Balaban J connectivity index is 1.95. The highest BCUT2D eigenvalue weighted by Gasteiger charge is 2.34. The third-order valence-electron chi connectivity index (χ3n) is 4.10. The van der Waals surface area contributed by atoms with Gasteiger partial charge in [0.05, 0.1) is 11.3 Å². The summed E-state index contributed by atoms with van der Waals surface area (Å²) in [6.07, 6.45) is -4.58. The SMILES string of the molecule is CC(=O)OCCN1CCN(Cc2cc(F)c(N)cc2C(F)(F)F)CC1. The highest BCUT2D eigenvalue weighted by atomic mass is 19.4. The average molecular weight is 363 g/mol. The van der Waals surface area contributed by atoms with Crippen LogP contribution in [0.15, 0.2) is 12.1 Å². The molecule has 1 heterocycles. The highest BCUT2D eigenvalue weighted by Crippen LogP contribution is 2.35. The number of hydrogen-bond donors (Lipinski definition) is 1. The summed E-state index contributed by atoms with van der Waals surface area (Å²) < 4.78 is 57.9. The Labute approximate surface area is 143 Å². The molecule has 1 aliphatic heterocycles. The zero-order valence-corrected chi connectivity index (χ0v) is 13.9. The van der Waals surface area contributed by atoms with Gasteiger partial charge in [0.2, 0.25) is 0 Å². The van der Waals surface area contributed by atoms with Crippen LogP contribution >= 0.6 is 0 Å². The molecule has 1 fully saturated rings. The molecule has 0 aliphatic carbocycles. The minimum Gasteiger partial charge on any atom is -0.465 e. The van der Waals surface area contributed by atoms with Gasteiger partial charge in [-0.05, 0) is 17.7 Å². The number of carbonyl (C=O) groups excluding carboxylic acids is 1. The van der Waals surface area contributed by atoms with Gasteiger partial charge in [0.25, 0.3) is 0 Å². The van der Waals surface area contributed by atoms with E-state index in [0.717, 1.165) is 6.07 Å². The summed E-state index contributed by atoms with van der Waals surface area (Å²) in [5.41, 5.74) is 3.75. The Kier molecular flexibility index (Phi) is 6.23. The topological polar surface area (TPSA) is 58.8 Å². The molecule has 1 aliphatic rings. The lowest BCUT2D eigenvalue weighted by atomic mass is 10.0. The first-order valence-corrected chi connectivity index (χ1v) is 7.90. The first kappa shape index (κ1) is 19.5. The summed E-state index contributed by atoms with van der Waals surface area (Å²) in [5, 5.41) is 0. The van der Waals surface area contributed by atoms with Gasteiger partial charge in [-0.25, -0.2) is 4.39 Å². The molecule has 2 rings (SSSR count). The molecule has 0 saturated carbocycles. The van der Waals surface area contributed by atoms with Crippen molar-refractivity contribution in [2.75, 3.05) is 45.1 Å². The monoisotopic (exact) mass is 363 g/mol. The zero-order chi connectivity index (χ0) is 18.6. The van der Waals surface area contributed by atoms with Crippen molar-refractivity contribution in [1.29, 1.82) is 0 Å². The quantitative estimate of drug-likeness (QED) is 0.493. The molecule has 140 valence electrons. The van der Waals surface area contributed by atoms with Crippen molar-refractivity contribution in [2.24, 2.45) is 0 Å². The fraction of sp³-hybridized carbons (Fsp3) is 0.562. The van der Waals surface area contributed by atoms with Crippen molar-refractivity contribution in [2.45, 2.75) is 19.6 Å². The number of nitrogens with two attached hydrogens (primary N) is 1. The Morgan fingerprint density at radius 3 is 2.36 bits per heavy atom. The van der Waals surface area contributed by atoms with Crippen molar-refractivity contribution in [3.63, 3.8) is 0 Å². The molecule has 0 bridgehead atoms. The fourth-order valence-corrected chi connectivity index (χ4v) is 2.76. The van der Waals surface area contributed by atoms with E-state index in [4.69, 9.17) is 10.5 Å². The molecule has 0 unspecified atom stereocenters. The van der Waals surface area contributed by atoms with Crippen LogP contribution in [0.1, 0.15) is 18.1 Å². The summed E-state index contributed by atoms with van der Waals surface area (Å²) >= 11 is 0. The van der Waals surface area contributed by atoms with E-state index in [1.807, 2.05) is 4.90 Å². The van der Waals surface area contributed by atoms with Crippen LogP contribution in [0, 0.1) is 5.82 Å². The smallest absolute Gasteiger partial charge is 0.416 e. The normalized spacial score (nSPS) is 16.8. The summed E-state index contributed by atoms with van der Waals surface area (Å²) in [7, 11) is 0. The number of halogens is 4. The number of benzene rings is 1. The lowest BCUT2D eigenvalue weighted by Gasteiger charge is -2.35. The number of nitrogens with zero attached hydrogens (tertiary/aromatic N) is 2. The van der Waals surface area contributed by atoms with E-state index in [0.29, 0.717) is 38.8 Å². The van der Waals surface area contributed by atoms with Gasteiger partial charge in [0.15, 0.2) is 0 Å². The number of alkyl halides is 3. The molecule has 0 atom stereocenters. The van der Waals surface area contributed by atoms with Crippen LogP contribution in [0.3, 0.4) is 0 Å². The largest absolute Gasteiger partial charge is 0.465 e. The number of carbonyl (C=O) groups is 1. The lowest BCUT2D eigenvalue weighted by molar-refractivity contribution is -0.141. The minimum absolute atomic E-state index is 0.00380. The van der Waals surface area contributed by atoms with Gasteiger partial charge in [0, 0.05) is 46.2 Å². The molecule has 0 aromatic heterocycles. The molecule has 0 spiro atoms. The van der Waals surface area contributed by atoms with Crippen LogP contribution in [0.2, 0.25) is 0 Å². The first-order valence-electron chi connectivity index (χ1n) is 7.90. The van der Waals surface area contributed by atoms with Gasteiger partial charge < -0.3 is 10.5 Å². The third kappa shape index (κ3) is 5.57. The standard InChI is InChI=1S/C16H21F4N3O2/c1-11(24)25-7-6-22-2-4-23(5-3-22)10-12-8-14(17)15(21)9-13(12)16(18,19)20/h8-9H,2-7,10,21H2,1H3. The maximum Gasteiger partial charge on any atom is 0.416 e. The van der Waals surface area contributed by atoms with E-state index >= 15 is 0 Å². The Bertz CT molecular complexity index is 614. The lowest BCUT2D eigenvalue weighted by Crippen LogP contribution is -2.47. The second-order valence-electron chi connectivity index (χ2n) is 5.99. The number of piperazine rings is 1. The zero-order valence-electron chi connectivity index (χ0n) is 13.9. The Morgan fingerprint density at radius 2 is 1.80 bits per heavy atom. The number of anilines is 1. The number of hydrogen-bond acceptors (Lipinski definition) is 5. The maximum atomic E-state index is 13.6. The number of rotatable bonds is 5. The molecule has 9 heteroatoms. The van der Waals surface area contributed by atoms with E-state index in [2.05, 4.69) is 4.90 Å². The van der Waals surface area contributed by atoms with Gasteiger partial charge in [0.1, 0.15) is 12.4 Å². The van der Waals surface area contributed by atoms with E-state index in [9.17, 15) is 22.4 Å². The molecule has 1 aromatic carbocycles. The molecule has 0 radical (unpaired) electrons. The molecule has 5 nitrogen and oxygen atoms in total. The van der Waals surface area contributed by atoms with Crippen LogP contribution < -0.4 is 5.73 Å². The second-order valence-corrected chi connectivity index (χ2v) is 5.99. The van der Waals surface area contributed by atoms with E-state index in [1.165, 1.54) is 6.92 Å². The molecular formula is C16H21F4N3O2. The fourth-order valence-electron chi connectivity index (χ4n) is 2.76. The van der Waals surface area contributed by atoms with Gasteiger partial charge in [-0.1, -0.05) is 0 Å². The van der Waals surface area contributed by atoms with Crippen LogP contribution in [-0.4, -0.2) is 55.1 Å². The summed E-state index contributed by atoms with van der Waals surface area (Å²) in [6.45, 7) is 4.58. The third-order valence-corrected chi connectivity index (χ3v) is 4.10. The summed E-state index contributed by atoms with van der Waals surface area (Å²) in [4.78, 5) is 14.6. The van der Waals surface area contributed by atoms with Gasteiger partial charge in [-0.2, -0.15) is 13.2 Å². The van der Waals surface area contributed by atoms with Crippen LogP contribution in [0.25, 0.3) is 0 Å². The predicted molar refractivity (Wildman–Crippen MR) is 84.2 cm³/mol. The van der Waals surface area contributed by atoms with E-state index in [1.54, 1.807) is 0 Å². The maximum absolute atomic E-state index is 13.6. The number of esters is 1. The molecule has 2 N–H and O–H groups in total. The van der Waals surface area contributed by atoms with Gasteiger partial charge in [-0.15, -0.1) is 0 Å². The summed E-state index contributed by atoms with van der Waals surface area (Å²) in [6, 6.07) is 1.52. The second kappa shape index (κ2) is 8.01. The molecule has 0 amide bonds. The number of ether oxygens (including phenoxy) is 1. The Hall–Kier alpha value is -1.87. The first-order chi connectivity index (χ1) is 11.7. The van der Waals surface area contributed by atoms with Crippen molar-refractivity contribution < 1.29 is 27.1 Å². The van der Waals surface area contributed by atoms with Gasteiger partial charge in [-0.3, -0.25) is 14.6 Å². The minimum atomic E-state index is -4.58. The molecule has 1 saturated heterocycles. The predicted octanol–water partition coefficient (Wildman–Crippen LogP) is 2.11. The van der Waals surface area contributed by atoms with Crippen molar-refractivity contribution >= 4 is 11.7 Å². The van der Waals surface area contributed by atoms with Crippen LogP contribution in [-0.2, 0) is 22.3 Å². The highest BCUT2D eigenvalue weighted by molar-refractivity contribution is 5.65. The molecular weight excluding hydrogens is 342 g/mol. The van der Waals surface area contributed by atoms with Crippen LogP contribution in [0.5, 0.6) is 0 Å². The Morgan fingerprint density at radius 1 is 1.20 bits per heavy atom. The van der Waals surface area contributed by atoms with E-state index in [-0.39, 0.29) is 24.7 Å². The molecule has 1 aromatic rings.